The maximum atomic E-state index is 5.72. The lowest BCUT2D eigenvalue weighted by molar-refractivity contribution is 0.427. The Morgan fingerprint density at radius 1 is 1.24 bits per heavy atom. The van der Waals surface area contributed by atoms with E-state index in [1.54, 1.807) is 6.26 Å². The topological polar surface area (TPSA) is 38.3 Å². The molecule has 3 heteroatoms. The summed E-state index contributed by atoms with van der Waals surface area (Å²) in [5.41, 5.74) is 1.17. The Kier molecular flexibility index (Phi) is 3.69. The molecule has 0 aliphatic heterocycles. The quantitative estimate of drug-likeness (QED) is 0.859. The highest BCUT2D eigenvalue weighted by Gasteiger charge is 2.20. The van der Waals surface area contributed by atoms with Crippen molar-refractivity contribution in [2.45, 2.75) is 33.2 Å². The molecule has 0 fully saturated rings. The zero-order chi connectivity index (χ0) is 12.3. The van der Waals surface area contributed by atoms with Gasteiger partial charge in [-0.05, 0) is 31.7 Å². The maximum Gasteiger partial charge on any atom is 0.125 e. The molecule has 2 aromatic heterocycles. The maximum absolute atomic E-state index is 5.72. The van der Waals surface area contributed by atoms with Gasteiger partial charge in [-0.1, -0.05) is 13.8 Å². The average Bonchev–Trinajstić information content (AvgIpc) is 2.94. The van der Waals surface area contributed by atoms with Crippen LogP contribution in [-0.2, 0) is 6.42 Å². The van der Waals surface area contributed by atoms with Crippen molar-refractivity contribution in [3.8, 4) is 0 Å². The van der Waals surface area contributed by atoms with Crippen LogP contribution in [0.2, 0.25) is 0 Å². The highest BCUT2D eigenvalue weighted by molar-refractivity contribution is 5.29. The lowest BCUT2D eigenvalue weighted by atomic mass is 10.0. The van der Waals surface area contributed by atoms with E-state index in [9.17, 15) is 0 Å². The van der Waals surface area contributed by atoms with Crippen LogP contribution >= 0.6 is 0 Å². The Labute approximate surface area is 102 Å². The molecule has 0 saturated heterocycles. The van der Waals surface area contributed by atoms with Gasteiger partial charge in [-0.2, -0.15) is 0 Å². The monoisotopic (exact) mass is 233 g/mol. The van der Waals surface area contributed by atoms with Gasteiger partial charge in [0, 0.05) is 12.0 Å². The van der Waals surface area contributed by atoms with Crippen molar-refractivity contribution in [2.75, 3.05) is 6.54 Å². The molecule has 1 unspecified atom stereocenters. The summed E-state index contributed by atoms with van der Waals surface area (Å²) in [5, 5.41) is 3.44. The van der Waals surface area contributed by atoms with Gasteiger partial charge in [0.1, 0.15) is 17.3 Å². The fraction of sp³-hybridized carbons (Fsp3) is 0.429. The second-order valence-corrected chi connectivity index (χ2v) is 4.09. The summed E-state index contributed by atoms with van der Waals surface area (Å²) >= 11 is 0. The third-order valence-electron chi connectivity index (χ3n) is 2.87. The van der Waals surface area contributed by atoms with Crippen LogP contribution in [0.1, 0.15) is 42.7 Å². The van der Waals surface area contributed by atoms with E-state index in [4.69, 9.17) is 8.83 Å². The molecule has 2 aromatic rings. The van der Waals surface area contributed by atoms with Crippen LogP contribution in [0.4, 0.5) is 0 Å². The number of hydrogen-bond acceptors (Lipinski definition) is 3. The summed E-state index contributed by atoms with van der Waals surface area (Å²) in [5.74, 6) is 2.90. The molecule has 0 aromatic carbocycles. The van der Waals surface area contributed by atoms with Crippen molar-refractivity contribution >= 4 is 0 Å². The second-order valence-electron chi connectivity index (χ2n) is 4.09. The number of aryl methyl sites for hydroxylation is 2. The van der Waals surface area contributed by atoms with E-state index in [1.807, 2.05) is 25.1 Å². The molecule has 0 aliphatic carbocycles. The van der Waals surface area contributed by atoms with Crippen LogP contribution in [0.5, 0.6) is 0 Å². The van der Waals surface area contributed by atoms with E-state index in [-0.39, 0.29) is 6.04 Å². The minimum atomic E-state index is 0.0856. The molecule has 1 atom stereocenters. The van der Waals surface area contributed by atoms with Crippen molar-refractivity contribution < 1.29 is 8.83 Å². The summed E-state index contributed by atoms with van der Waals surface area (Å²) in [6, 6.07) is 6.12. The van der Waals surface area contributed by atoms with Crippen LogP contribution < -0.4 is 5.32 Å². The zero-order valence-corrected chi connectivity index (χ0v) is 10.6. The largest absolute Gasteiger partial charge is 0.469 e. The van der Waals surface area contributed by atoms with E-state index in [0.717, 1.165) is 30.2 Å². The summed E-state index contributed by atoms with van der Waals surface area (Å²) in [6.07, 6.45) is 2.64. The molecule has 1 N–H and O–H groups in total. The Bertz CT molecular complexity index is 470. The molecular formula is C14H19NO2. The Hall–Kier alpha value is -1.48. The molecular weight excluding hydrogens is 214 g/mol. The number of hydrogen-bond donors (Lipinski definition) is 1. The predicted molar refractivity (Wildman–Crippen MR) is 67.1 cm³/mol. The van der Waals surface area contributed by atoms with Crippen LogP contribution in [-0.4, -0.2) is 6.54 Å². The van der Waals surface area contributed by atoms with Crippen LogP contribution in [0, 0.1) is 6.92 Å². The fourth-order valence-corrected chi connectivity index (χ4v) is 2.07. The predicted octanol–water partition coefficient (Wildman–Crippen LogP) is 3.44. The molecule has 0 saturated carbocycles. The van der Waals surface area contributed by atoms with Gasteiger partial charge in [-0.15, -0.1) is 0 Å². The van der Waals surface area contributed by atoms with Crippen molar-refractivity contribution in [3.05, 3.63) is 47.3 Å². The van der Waals surface area contributed by atoms with Crippen molar-refractivity contribution in [1.82, 2.24) is 5.32 Å². The summed E-state index contributed by atoms with van der Waals surface area (Å²) in [6.45, 7) is 7.04. The lowest BCUT2D eigenvalue weighted by Gasteiger charge is -2.15. The first kappa shape index (κ1) is 12.0. The highest BCUT2D eigenvalue weighted by Crippen LogP contribution is 2.27. The number of nitrogens with one attached hydrogen (secondary N) is 1. The van der Waals surface area contributed by atoms with E-state index < -0.39 is 0 Å². The molecule has 0 radical (unpaired) electrons. The zero-order valence-electron chi connectivity index (χ0n) is 10.6. The van der Waals surface area contributed by atoms with Gasteiger partial charge in [0.15, 0.2) is 0 Å². The van der Waals surface area contributed by atoms with E-state index >= 15 is 0 Å². The minimum absolute atomic E-state index is 0.0856. The first-order valence-corrected chi connectivity index (χ1v) is 6.12. The fourth-order valence-electron chi connectivity index (χ4n) is 2.07. The first-order valence-electron chi connectivity index (χ1n) is 6.12. The molecule has 92 valence electrons. The summed E-state index contributed by atoms with van der Waals surface area (Å²) in [4.78, 5) is 0. The van der Waals surface area contributed by atoms with Gasteiger partial charge in [0.05, 0.1) is 12.3 Å². The second kappa shape index (κ2) is 5.23. The van der Waals surface area contributed by atoms with Gasteiger partial charge in [0.25, 0.3) is 0 Å². The van der Waals surface area contributed by atoms with Gasteiger partial charge in [-0.3, -0.25) is 0 Å². The van der Waals surface area contributed by atoms with Crippen LogP contribution in [0.3, 0.4) is 0 Å². The molecule has 0 bridgehead atoms. The summed E-state index contributed by atoms with van der Waals surface area (Å²) in [7, 11) is 0. The Balaban J connectivity index is 2.35. The molecule has 0 aliphatic rings. The van der Waals surface area contributed by atoms with Gasteiger partial charge >= 0.3 is 0 Å². The molecule has 17 heavy (non-hydrogen) atoms. The molecule has 2 rings (SSSR count). The van der Waals surface area contributed by atoms with E-state index in [2.05, 4.69) is 19.2 Å². The van der Waals surface area contributed by atoms with Crippen molar-refractivity contribution in [2.24, 2.45) is 0 Å². The average molecular weight is 233 g/mol. The lowest BCUT2D eigenvalue weighted by Crippen LogP contribution is -2.22. The van der Waals surface area contributed by atoms with Crippen molar-refractivity contribution in [1.29, 1.82) is 0 Å². The normalized spacial score (nSPS) is 12.9. The van der Waals surface area contributed by atoms with Gasteiger partial charge in [-0.25, -0.2) is 0 Å². The first-order chi connectivity index (χ1) is 8.26. The van der Waals surface area contributed by atoms with Gasteiger partial charge < -0.3 is 14.2 Å². The highest BCUT2D eigenvalue weighted by atomic mass is 16.3. The smallest absolute Gasteiger partial charge is 0.125 e. The SMILES string of the molecule is CCNC(c1ccc(C)o1)c1ccoc1CC. The third-order valence-corrected chi connectivity index (χ3v) is 2.87. The van der Waals surface area contributed by atoms with Crippen molar-refractivity contribution in [3.63, 3.8) is 0 Å². The standard InChI is InChI=1S/C14H19NO2/c1-4-12-11(8-9-16-12)14(15-5-2)13-7-6-10(3)17-13/h6-9,14-15H,4-5H2,1-3H3. The van der Waals surface area contributed by atoms with Gasteiger partial charge in [0.2, 0.25) is 0 Å². The van der Waals surface area contributed by atoms with Crippen LogP contribution in [0.15, 0.2) is 33.3 Å². The Morgan fingerprint density at radius 2 is 2.06 bits per heavy atom. The third kappa shape index (κ3) is 2.44. The summed E-state index contributed by atoms with van der Waals surface area (Å²) < 4.78 is 11.2. The minimum Gasteiger partial charge on any atom is -0.469 e. The van der Waals surface area contributed by atoms with Crippen LogP contribution in [0.25, 0.3) is 0 Å². The van der Waals surface area contributed by atoms with E-state index in [0.29, 0.717) is 0 Å². The Morgan fingerprint density at radius 3 is 2.65 bits per heavy atom. The molecule has 0 spiro atoms. The molecule has 0 amide bonds. The number of rotatable bonds is 5. The van der Waals surface area contributed by atoms with E-state index in [1.165, 1.54) is 5.56 Å². The molecule has 3 nitrogen and oxygen atoms in total. The molecule has 2 heterocycles. The number of furan rings is 2.